The van der Waals surface area contributed by atoms with E-state index in [1.54, 1.807) is 0 Å². The van der Waals surface area contributed by atoms with Crippen LogP contribution in [0.5, 0.6) is 0 Å². The highest BCUT2D eigenvalue weighted by Gasteiger charge is 2.42. The minimum atomic E-state index is -0.334. The van der Waals surface area contributed by atoms with Crippen molar-refractivity contribution >= 4 is 15.9 Å². The first kappa shape index (κ1) is 15.0. The summed E-state index contributed by atoms with van der Waals surface area (Å²) < 4.78 is 1.05. The molecule has 1 saturated carbocycles. The Morgan fingerprint density at radius 1 is 1.37 bits per heavy atom. The van der Waals surface area contributed by atoms with Gasteiger partial charge in [-0.3, -0.25) is 0 Å². The molecule has 106 valence electrons. The summed E-state index contributed by atoms with van der Waals surface area (Å²) in [6.45, 7) is 2.70. The minimum Gasteiger partial charge on any atom is -0.392 e. The molecule has 1 aromatic carbocycles. The van der Waals surface area contributed by atoms with Gasteiger partial charge in [-0.25, -0.2) is 0 Å². The number of aliphatic hydroxyl groups is 1. The van der Waals surface area contributed by atoms with E-state index in [-0.39, 0.29) is 17.4 Å². The average molecular weight is 326 g/mol. The number of benzene rings is 1. The number of halogens is 1. The molecule has 2 nitrogen and oxygen atoms in total. The highest BCUT2D eigenvalue weighted by molar-refractivity contribution is 9.10. The second-order valence-electron chi connectivity index (χ2n) is 5.77. The third-order valence-corrected chi connectivity index (χ3v) is 5.34. The highest BCUT2D eigenvalue weighted by Crippen LogP contribution is 2.47. The van der Waals surface area contributed by atoms with Crippen molar-refractivity contribution in [3.05, 3.63) is 34.3 Å². The van der Waals surface area contributed by atoms with E-state index in [0.29, 0.717) is 6.54 Å². The summed E-state index contributed by atoms with van der Waals surface area (Å²) in [7, 11) is 0. The molecule has 0 aliphatic heterocycles. The minimum absolute atomic E-state index is 0.0375. The molecule has 0 aromatic heterocycles. The van der Waals surface area contributed by atoms with Crippen LogP contribution in [0.25, 0.3) is 0 Å². The molecular formula is C16H24BrNO. The van der Waals surface area contributed by atoms with Crippen molar-refractivity contribution in [3.63, 3.8) is 0 Å². The summed E-state index contributed by atoms with van der Waals surface area (Å²) in [4.78, 5) is 0. The third-order valence-electron chi connectivity index (χ3n) is 4.84. The summed E-state index contributed by atoms with van der Waals surface area (Å²) in [6, 6.07) is 8.18. The van der Waals surface area contributed by atoms with Gasteiger partial charge in [-0.1, -0.05) is 47.8 Å². The van der Waals surface area contributed by atoms with Gasteiger partial charge in [-0.15, -0.1) is 0 Å². The number of nitrogens with two attached hydrogens (primary N) is 1. The molecule has 1 aliphatic carbocycles. The van der Waals surface area contributed by atoms with Gasteiger partial charge in [0.1, 0.15) is 0 Å². The fourth-order valence-corrected chi connectivity index (χ4v) is 3.97. The molecule has 0 bridgehead atoms. The van der Waals surface area contributed by atoms with Crippen LogP contribution >= 0.6 is 15.9 Å². The summed E-state index contributed by atoms with van der Waals surface area (Å²) in [5, 5.41) is 10.9. The Morgan fingerprint density at radius 3 is 2.58 bits per heavy atom. The van der Waals surface area contributed by atoms with Crippen LogP contribution in [0.15, 0.2) is 28.7 Å². The fourth-order valence-electron chi connectivity index (χ4n) is 3.55. The van der Waals surface area contributed by atoms with Crippen molar-refractivity contribution < 1.29 is 5.11 Å². The number of aliphatic hydroxyl groups excluding tert-OH is 1. The van der Waals surface area contributed by atoms with Crippen molar-refractivity contribution in [3.8, 4) is 0 Å². The maximum absolute atomic E-state index is 10.9. The Balaban J connectivity index is 2.26. The van der Waals surface area contributed by atoms with Gasteiger partial charge in [-0.2, -0.15) is 0 Å². The molecule has 0 spiro atoms. The lowest BCUT2D eigenvalue weighted by molar-refractivity contribution is 0.00600. The molecule has 0 heterocycles. The lowest BCUT2D eigenvalue weighted by atomic mass is 9.71. The van der Waals surface area contributed by atoms with Gasteiger partial charge in [0.05, 0.1) is 6.10 Å². The van der Waals surface area contributed by atoms with E-state index in [2.05, 4.69) is 35.0 Å². The molecule has 1 fully saturated rings. The molecule has 1 aromatic rings. The van der Waals surface area contributed by atoms with Gasteiger partial charge < -0.3 is 10.8 Å². The van der Waals surface area contributed by atoms with E-state index in [1.807, 2.05) is 12.1 Å². The standard InChI is InChI=1S/C16H24BrNO/c1-2-16(8-3-4-9-16)15(19)14(11-18)12-6-5-7-13(17)10-12/h5-7,10,14-15,19H,2-4,8-9,11,18H2,1H3. The van der Waals surface area contributed by atoms with E-state index in [1.165, 1.54) is 12.8 Å². The van der Waals surface area contributed by atoms with Crippen LogP contribution in [0, 0.1) is 5.41 Å². The molecule has 1 aliphatic rings. The average Bonchev–Trinajstić information content (AvgIpc) is 2.89. The molecule has 0 amide bonds. The lowest BCUT2D eigenvalue weighted by Crippen LogP contribution is -2.40. The van der Waals surface area contributed by atoms with Crippen LogP contribution in [0.3, 0.4) is 0 Å². The van der Waals surface area contributed by atoms with Crippen molar-refractivity contribution in [2.75, 3.05) is 6.54 Å². The van der Waals surface area contributed by atoms with E-state index in [0.717, 1.165) is 29.3 Å². The number of hydrogen-bond donors (Lipinski definition) is 2. The van der Waals surface area contributed by atoms with E-state index in [9.17, 15) is 5.11 Å². The van der Waals surface area contributed by atoms with Gasteiger partial charge in [-0.05, 0) is 42.4 Å². The zero-order chi connectivity index (χ0) is 13.9. The van der Waals surface area contributed by atoms with Crippen LogP contribution in [0.2, 0.25) is 0 Å². The molecule has 2 rings (SSSR count). The van der Waals surface area contributed by atoms with Gasteiger partial charge >= 0.3 is 0 Å². The number of hydrogen-bond acceptors (Lipinski definition) is 2. The fraction of sp³-hybridized carbons (Fsp3) is 0.625. The molecule has 3 heteroatoms. The Labute approximate surface area is 124 Å². The van der Waals surface area contributed by atoms with Crippen LogP contribution in [-0.4, -0.2) is 17.8 Å². The first-order valence-electron chi connectivity index (χ1n) is 7.26. The van der Waals surface area contributed by atoms with Gasteiger partial charge in [0.2, 0.25) is 0 Å². The Bertz CT molecular complexity index is 415. The molecule has 0 saturated heterocycles. The predicted molar refractivity (Wildman–Crippen MR) is 83.1 cm³/mol. The molecule has 19 heavy (non-hydrogen) atoms. The van der Waals surface area contributed by atoms with Crippen LogP contribution < -0.4 is 5.73 Å². The Kier molecular flexibility index (Phi) is 5.04. The quantitative estimate of drug-likeness (QED) is 0.864. The number of rotatable bonds is 5. The second kappa shape index (κ2) is 6.38. The second-order valence-corrected chi connectivity index (χ2v) is 6.68. The van der Waals surface area contributed by atoms with E-state index >= 15 is 0 Å². The van der Waals surface area contributed by atoms with Crippen molar-refractivity contribution in [1.29, 1.82) is 0 Å². The van der Waals surface area contributed by atoms with Crippen molar-refractivity contribution in [2.45, 2.75) is 51.0 Å². The topological polar surface area (TPSA) is 46.2 Å². The smallest absolute Gasteiger partial charge is 0.0676 e. The van der Waals surface area contributed by atoms with E-state index in [4.69, 9.17) is 5.73 Å². The molecule has 3 N–H and O–H groups in total. The van der Waals surface area contributed by atoms with Crippen molar-refractivity contribution in [2.24, 2.45) is 11.1 Å². The van der Waals surface area contributed by atoms with E-state index < -0.39 is 0 Å². The maximum atomic E-state index is 10.9. The predicted octanol–water partition coefficient (Wildman–Crippen LogP) is 3.82. The largest absolute Gasteiger partial charge is 0.392 e. The van der Waals surface area contributed by atoms with Crippen molar-refractivity contribution in [1.82, 2.24) is 0 Å². The first-order valence-corrected chi connectivity index (χ1v) is 8.06. The molecular weight excluding hydrogens is 302 g/mol. The van der Waals surface area contributed by atoms with Crippen LogP contribution in [-0.2, 0) is 0 Å². The summed E-state index contributed by atoms with van der Waals surface area (Å²) in [5.41, 5.74) is 7.18. The SMILES string of the molecule is CCC1(C(O)C(CN)c2cccc(Br)c2)CCCC1. The summed E-state index contributed by atoms with van der Waals surface area (Å²) in [6.07, 6.45) is 5.45. The van der Waals surface area contributed by atoms with Gasteiger partial charge in [0.25, 0.3) is 0 Å². The maximum Gasteiger partial charge on any atom is 0.0676 e. The summed E-state index contributed by atoms with van der Waals surface area (Å²) >= 11 is 3.50. The zero-order valence-corrected chi connectivity index (χ0v) is 13.2. The zero-order valence-electron chi connectivity index (χ0n) is 11.6. The lowest BCUT2D eigenvalue weighted by Gasteiger charge is -2.38. The van der Waals surface area contributed by atoms with Gasteiger partial charge in [0.15, 0.2) is 0 Å². The third kappa shape index (κ3) is 3.04. The monoisotopic (exact) mass is 325 g/mol. The molecule has 0 radical (unpaired) electrons. The normalized spacial score (nSPS) is 21.3. The summed E-state index contributed by atoms with van der Waals surface area (Å²) in [5.74, 6) is 0.0375. The molecule has 2 atom stereocenters. The highest BCUT2D eigenvalue weighted by atomic mass is 79.9. The molecule has 2 unspecified atom stereocenters. The van der Waals surface area contributed by atoms with Crippen LogP contribution in [0.1, 0.15) is 50.5 Å². The Morgan fingerprint density at radius 2 is 2.05 bits per heavy atom. The van der Waals surface area contributed by atoms with Crippen LogP contribution in [0.4, 0.5) is 0 Å². The Hall–Kier alpha value is -0.380. The van der Waals surface area contributed by atoms with Gasteiger partial charge in [0, 0.05) is 16.9 Å². The first-order chi connectivity index (χ1) is 9.13.